The van der Waals surface area contributed by atoms with Gasteiger partial charge in [0.25, 0.3) is 0 Å². The summed E-state index contributed by atoms with van der Waals surface area (Å²) in [5, 5.41) is 13.5. The van der Waals surface area contributed by atoms with E-state index >= 15 is 0 Å². The lowest BCUT2D eigenvalue weighted by Gasteiger charge is -2.32. The number of carbonyl (C=O) groups excluding carboxylic acids is 1. The van der Waals surface area contributed by atoms with Crippen LogP contribution in [0.25, 0.3) is 17.2 Å². The second kappa shape index (κ2) is 9.97. The zero-order chi connectivity index (χ0) is 27.1. The van der Waals surface area contributed by atoms with Crippen LogP contribution < -0.4 is 5.32 Å². The van der Waals surface area contributed by atoms with Crippen molar-refractivity contribution in [3.8, 4) is 16.9 Å². The first kappa shape index (κ1) is 26.1. The van der Waals surface area contributed by atoms with E-state index in [0.717, 1.165) is 16.7 Å². The molecule has 7 heteroatoms. The van der Waals surface area contributed by atoms with Gasteiger partial charge in [-0.1, -0.05) is 72.8 Å². The van der Waals surface area contributed by atoms with Gasteiger partial charge in [-0.3, -0.25) is 0 Å². The Kier molecular flexibility index (Phi) is 6.84. The summed E-state index contributed by atoms with van der Waals surface area (Å²) in [5.41, 5.74) is 5.66. The number of hydrogen-bond donors (Lipinski definition) is 2. The third-order valence-corrected chi connectivity index (χ3v) is 7.95. The second-order valence-electron chi connectivity index (χ2n) is 11.0. The fourth-order valence-corrected chi connectivity index (χ4v) is 5.02. The molecule has 3 aromatic rings. The molecule has 1 amide bonds. The molecule has 1 fully saturated rings. The van der Waals surface area contributed by atoms with Crippen LogP contribution in [0, 0.1) is 6.92 Å². The Morgan fingerprint density at radius 2 is 1.53 bits per heavy atom. The molecule has 6 nitrogen and oxygen atoms in total. The van der Waals surface area contributed by atoms with Crippen molar-refractivity contribution < 1.29 is 23.9 Å². The van der Waals surface area contributed by atoms with Crippen LogP contribution in [0.3, 0.4) is 0 Å². The van der Waals surface area contributed by atoms with Crippen LogP contribution in [0.2, 0.25) is 0 Å². The van der Waals surface area contributed by atoms with Crippen molar-refractivity contribution >= 4 is 19.3 Å². The SMILES string of the molecule is Cc1cccc(C=C(CNC(=O)OCC2c3ccccc3-c3ccccc32)B2OC(C)(C)C(C)(C)O2)c1O. The third kappa shape index (κ3) is 4.84. The molecule has 3 aromatic carbocycles. The standard InChI is InChI=1S/C31H34BNO5/c1-20-11-10-12-21(28(20)34)17-22(32-37-30(2,3)31(4,5)38-32)18-33-29(35)36-19-27-25-15-8-6-13-23(25)24-14-7-9-16-26(24)27/h6-17,27,34H,18-19H2,1-5H3,(H,33,35). The highest BCUT2D eigenvalue weighted by molar-refractivity contribution is 6.56. The van der Waals surface area contributed by atoms with E-state index in [4.69, 9.17) is 14.0 Å². The highest BCUT2D eigenvalue weighted by Gasteiger charge is 2.52. The van der Waals surface area contributed by atoms with E-state index in [1.807, 2.05) is 83.2 Å². The van der Waals surface area contributed by atoms with Gasteiger partial charge in [0.1, 0.15) is 12.4 Å². The van der Waals surface area contributed by atoms with Gasteiger partial charge in [0.2, 0.25) is 0 Å². The molecular weight excluding hydrogens is 477 g/mol. The van der Waals surface area contributed by atoms with E-state index in [9.17, 15) is 9.90 Å². The number of aryl methyl sites for hydroxylation is 1. The predicted molar refractivity (Wildman–Crippen MR) is 150 cm³/mol. The Balaban J connectivity index is 1.31. The molecule has 0 spiro atoms. The quantitative estimate of drug-likeness (QED) is 0.383. The normalized spacial score (nSPS) is 17.7. The first-order valence-electron chi connectivity index (χ1n) is 13.0. The van der Waals surface area contributed by atoms with Gasteiger partial charge in [-0.25, -0.2) is 4.79 Å². The number of aromatic hydroxyl groups is 1. The summed E-state index contributed by atoms with van der Waals surface area (Å²) in [6, 6.07) is 22.0. The van der Waals surface area contributed by atoms with Crippen LogP contribution in [0.15, 0.2) is 72.2 Å². The van der Waals surface area contributed by atoms with E-state index in [0.29, 0.717) is 11.0 Å². The van der Waals surface area contributed by atoms with Crippen LogP contribution in [-0.4, -0.2) is 42.7 Å². The Morgan fingerprint density at radius 3 is 2.13 bits per heavy atom. The number of para-hydroxylation sites is 1. The fraction of sp³-hybridized carbons (Fsp3) is 0.323. The predicted octanol–water partition coefficient (Wildman–Crippen LogP) is 6.25. The monoisotopic (exact) mass is 511 g/mol. The Morgan fingerprint density at radius 1 is 0.947 bits per heavy atom. The number of fused-ring (bicyclic) bond motifs is 3. The van der Waals surface area contributed by atoms with Gasteiger partial charge < -0.3 is 24.5 Å². The van der Waals surface area contributed by atoms with Crippen molar-refractivity contribution in [1.29, 1.82) is 0 Å². The maximum atomic E-state index is 12.9. The highest BCUT2D eigenvalue weighted by atomic mass is 16.7. The lowest BCUT2D eigenvalue weighted by Crippen LogP contribution is -2.41. The van der Waals surface area contributed by atoms with Gasteiger partial charge in [0.05, 0.1) is 11.2 Å². The smallest absolute Gasteiger partial charge is 0.492 e. The molecule has 0 radical (unpaired) electrons. The number of rotatable bonds is 6. The maximum Gasteiger partial charge on any atom is 0.492 e. The van der Waals surface area contributed by atoms with Crippen LogP contribution in [0.4, 0.5) is 4.79 Å². The molecule has 5 rings (SSSR count). The molecular formula is C31H34BNO5. The van der Waals surface area contributed by atoms with Crippen molar-refractivity contribution in [3.05, 3.63) is 94.5 Å². The number of phenolic OH excluding ortho intramolecular Hbond substituents is 1. The number of carbonyl (C=O) groups is 1. The Bertz CT molecular complexity index is 1340. The largest absolute Gasteiger partial charge is 0.507 e. The molecule has 1 aliphatic carbocycles. The van der Waals surface area contributed by atoms with Gasteiger partial charge in [0, 0.05) is 18.0 Å². The molecule has 0 saturated carbocycles. The minimum Gasteiger partial charge on any atom is -0.507 e. The van der Waals surface area contributed by atoms with Crippen LogP contribution >= 0.6 is 0 Å². The number of nitrogens with one attached hydrogen (secondary N) is 1. The lowest BCUT2D eigenvalue weighted by atomic mass is 9.77. The second-order valence-corrected chi connectivity index (χ2v) is 11.0. The summed E-state index contributed by atoms with van der Waals surface area (Å²) in [6.07, 6.45) is 1.29. The van der Waals surface area contributed by atoms with E-state index in [-0.39, 0.29) is 24.8 Å². The number of hydrogen-bond acceptors (Lipinski definition) is 5. The maximum absolute atomic E-state index is 12.9. The Labute approximate surface area is 224 Å². The van der Waals surface area contributed by atoms with E-state index < -0.39 is 24.4 Å². The summed E-state index contributed by atoms with van der Waals surface area (Å²) in [6.45, 7) is 10.1. The topological polar surface area (TPSA) is 77.0 Å². The van der Waals surface area contributed by atoms with Crippen molar-refractivity contribution in [2.45, 2.75) is 51.7 Å². The summed E-state index contributed by atoms with van der Waals surface area (Å²) >= 11 is 0. The van der Waals surface area contributed by atoms with Crippen LogP contribution in [-0.2, 0) is 14.0 Å². The minimum absolute atomic E-state index is 0.0181. The van der Waals surface area contributed by atoms with Gasteiger partial charge in [-0.15, -0.1) is 0 Å². The van der Waals surface area contributed by atoms with Gasteiger partial charge in [0.15, 0.2) is 0 Å². The highest BCUT2D eigenvalue weighted by Crippen LogP contribution is 2.44. The number of benzene rings is 3. The average molecular weight is 511 g/mol. The number of amides is 1. The summed E-state index contributed by atoms with van der Waals surface area (Å²) in [7, 11) is -0.686. The van der Waals surface area contributed by atoms with Gasteiger partial charge in [-0.05, 0) is 67.9 Å². The summed E-state index contributed by atoms with van der Waals surface area (Å²) < 4.78 is 18.2. The van der Waals surface area contributed by atoms with E-state index in [1.54, 1.807) is 0 Å². The van der Waals surface area contributed by atoms with Crippen molar-refractivity contribution in [1.82, 2.24) is 5.32 Å². The fourth-order valence-electron chi connectivity index (χ4n) is 5.02. The van der Waals surface area contributed by atoms with Crippen molar-refractivity contribution in [2.75, 3.05) is 13.2 Å². The molecule has 0 aromatic heterocycles. The third-order valence-electron chi connectivity index (χ3n) is 7.95. The van der Waals surface area contributed by atoms with Crippen LogP contribution in [0.5, 0.6) is 5.75 Å². The molecule has 1 aliphatic heterocycles. The Hall–Kier alpha value is -3.55. The van der Waals surface area contributed by atoms with E-state index in [1.165, 1.54) is 11.1 Å². The van der Waals surface area contributed by atoms with E-state index in [2.05, 4.69) is 29.6 Å². The zero-order valence-corrected chi connectivity index (χ0v) is 22.6. The molecule has 2 N–H and O–H groups in total. The lowest BCUT2D eigenvalue weighted by molar-refractivity contribution is 0.00578. The minimum atomic E-state index is -0.686. The summed E-state index contributed by atoms with van der Waals surface area (Å²) in [4.78, 5) is 12.9. The van der Waals surface area contributed by atoms with Crippen molar-refractivity contribution in [2.24, 2.45) is 0 Å². The summed E-state index contributed by atoms with van der Waals surface area (Å²) in [5.74, 6) is 0.165. The first-order chi connectivity index (χ1) is 18.1. The molecule has 196 valence electrons. The molecule has 1 saturated heterocycles. The molecule has 38 heavy (non-hydrogen) atoms. The average Bonchev–Trinajstić information content (AvgIpc) is 3.32. The molecule has 1 heterocycles. The van der Waals surface area contributed by atoms with Crippen molar-refractivity contribution in [3.63, 3.8) is 0 Å². The van der Waals surface area contributed by atoms with Gasteiger partial charge in [-0.2, -0.15) is 0 Å². The first-order valence-corrected chi connectivity index (χ1v) is 13.0. The number of ether oxygens (including phenoxy) is 1. The molecule has 0 bridgehead atoms. The zero-order valence-electron chi connectivity index (χ0n) is 22.6. The molecule has 2 aliphatic rings. The molecule has 0 atom stereocenters. The molecule has 0 unspecified atom stereocenters. The van der Waals surface area contributed by atoms with Gasteiger partial charge >= 0.3 is 13.2 Å². The van der Waals surface area contributed by atoms with Crippen LogP contribution in [0.1, 0.15) is 55.9 Å². The number of alkyl carbamates (subject to hydrolysis) is 1. The number of phenols is 1.